The van der Waals surface area contributed by atoms with Gasteiger partial charge < -0.3 is 10.6 Å². The molecule has 1 atom stereocenters. The Labute approximate surface area is 90.6 Å². The van der Waals surface area contributed by atoms with Crippen LogP contribution in [0, 0.1) is 0 Å². The Bertz CT molecular complexity index is 371. The molecule has 0 saturated carbocycles. The van der Waals surface area contributed by atoms with Crippen molar-refractivity contribution in [2.75, 3.05) is 20.6 Å². The first kappa shape index (κ1) is 10.0. The molecule has 3 heteroatoms. The lowest BCUT2D eigenvalue weighted by Crippen LogP contribution is -2.39. The van der Waals surface area contributed by atoms with E-state index >= 15 is 0 Å². The fourth-order valence-corrected chi connectivity index (χ4v) is 2.04. The maximum atomic E-state index is 4.09. The summed E-state index contributed by atoms with van der Waals surface area (Å²) >= 11 is 0. The summed E-state index contributed by atoms with van der Waals surface area (Å²) in [5.74, 6) is 1.51. The van der Waals surface area contributed by atoms with Gasteiger partial charge in [0.1, 0.15) is 0 Å². The maximum Gasteiger partial charge on any atom is 0.190 e. The highest BCUT2D eigenvalue weighted by molar-refractivity contribution is 5.79. The quantitative estimate of drug-likeness (QED) is 0.558. The average Bonchev–Trinajstić information content (AvgIpc) is 2.25. The van der Waals surface area contributed by atoms with Crippen LogP contribution in [0.2, 0.25) is 0 Å². The second-order valence-corrected chi connectivity index (χ2v) is 3.80. The van der Waals surface area contributed by atoms with E-state index in [1.165, 1.54) is 17.5 Å². The smallest absolute Gasteiger partial charge is 0.190 e. The largest absolute Gasteiger partial charge is 0.359 e. The highest BCUT2D eigenvalue weighted by Gasteiger charge is 2.24. The third kappa shape index (κ3) is 1.96. The van der Waals surface area contributed by atoms with Crippen molar-refractivity contribution in [1.29, 1.82) is 0 Å². The van der Waals surface area contributed by atoms with Crippen LogP contribution in [0.5, 0.6) is 0 Å². The van der Waals surface area contributed by atoms with Crippen LogP contribution in [-0.2, 0) is 6.42 Å². The van der Waals surface area contributed by atoms with Gasteiger partial charge in [-0.25, -0.2) is 0 Å². The number of hydrogen-bond donors (Lipinski definition) is 2. The third-order valence-electron chi connectivity index (χ3n) is 2.94. The zero-order chi connectivity index (χ0) is 10.7. The molecule has 0 unspecified atom stereocenters. The van der Waals surface area contributed by atoms with E-state index in [1.54, 1.807) is 7.05 Å². The summed E-state index contributed by atoms with van der Waals surface area (Å²) in [6.45, 7) is 0.963. The molecule has 1 aromatic rings. The van der Waals surface area contributed by atoms with Crippen molar-refractivity contribution in [2.24, 2.45) is 4.99 Å². The van der Waals surface area contributed by atoms with Crippen molar-refractivity contribution in [3.8, 4) is 0 Å². The van der Waals surface area contributed by atoms with E-state index in [4.69, 9.17) is 0 Å². The highest BCUT2D eigenvalue weighted by Crippen LogP contribution is 2.33. The zero-order valence-corrected chi connectivity index (χ0v) is 9.25. The Morgan fingerprint density at radius 1 is 1.47 bits per heavy atom. The van der Waals surface area contributed by atoms with Crippen molar-refractivity contribution < 1.29 is 0 Å². The minimum Gasteiger partial charge on any atom is -0.359 e. The average molecular weight is 203 g/mol. The van der Waals surface area contributed by atoms with Crippen LogP contribution in [0.3, 0.4) is 0 Å². The summed E-state index contributed by atoms with van der Waals surface area (Å²) in [5, 5.41) is 6.32. The van der Waals surface area contributed by atoms with Gasteiger partial charge in [-0.15, -0.1) is 0 Å². The molecule has 3 nitrogen and oxygen atoms in total. The van der Waals surface area contributed by atoms with E-state index in [2.05, 4.69) is 39.9 Å². The van der Waals surface area contributed by atoms with Crippen LogP contribution in [0.25, 0.3) is 0 Å². The lowest BCUT2D eigenvalue weighted by Gasteiger charge is -2.30. The first-order valence-electron chi connectivity index (χ1n) is 5.31. The first-order valence-corrected chi connectivity index (χ1v) is 5.31. The van der Waals surface area contributed by atoms with E-state index in [1.807, 2.05) is 7.05 Å². The van der Waals surface area contributed by atoms with Gasteiger partial charge in [-0.05, 0) is 17.5 Å². The minimum atomic E-state index is 0.645. The lowest BCUT2D eigenvalue weighted by atomic mass is 9.78. The Kier molecular flexibility index (Phi) is 2.90. The van der Waals surface area contributed by atoms with E-state index in [-0.39, 0.29) is 0 Å². The Morgan fingerprint density at radius 3 is 2.93 bits per heavy atom. The third-order valence-corrected chi connectivity index (χ3v) is 2.94. The minimum absolute atomic E-state index is 0.645. The second-order valence-electron chi connectivity index (χ2n) is 3.80. The molecule has 15 heavy (non-hydrogen) atoms. The molecule has 0 radical (unpaired) electrons. The van der Waals surface area contributed by atoms with Crippen molar-refractivity contribution >= 4 is 5.96 Å². The van der Waals surface area contributed by atoms with Gasteiger partial charge in [0.05, 0.1) is 0 Å². The van der Waals surface area contributed by atoms with Gasteiger partial charge in [-0.2, -0.15) is 0 Å². The number of nitrogens with one attached hydrogen (secondary N) is 2. The van der Waals surface area contributed by atoms with E-state index in [9.17, 15) is 0 Å². The van der Waals surface area contributed by atoms with Crippen molar-refractivity contribution in [3.63, 3.8) is 0 Å². The van der Waals surface area contributed by atoms with Crippen molar-refractivity contribution in [2.45, 2.75) is 12.3 Å². The summed E-state index contributed by atoms with van der Waals surface area (Å²) in [4.78, 5) is 4.09. The number of fused-ring (bicyclic) bond motifs is 1. The number of aliphatic imine (C=N–C) groups is 1. The second kappa shape index (κ2) is 4.34. The zero-order valence-electron chi connectivity index (χ0n) is 9.25. The van der Waals surface area contributed by atoms with Crippen molar-refractivity contribution in [3.05, 3.63) is 35.4 Å². The summed E-state index contributed by atoms with van der Waals surface area (Å²) < 4.78 is 0. The summed E-state index contributed by atoms with van der Waals surface area (Å²) in [6.07, 6.45) is 1.18. The van der Waals surface area contributed by atoms with Gasteiger partial charge in [0, 0.05) is 26.6 Å². The van der Waals surface area contributed by atoms with Crippen molar-refractivity contribution in [1.82, 2.24) is 10.6 Å². The van der Waals surface area contributed by atoms with Gasteiger partial charge in [-0.3, -0.25) is 4.99 Å². The number of nitrogens with zero attached hydrogens (tertiary/aromatic N) is 1. The van der Waals surface area contributed by atoms with Gasteiger partial charge >= 0.3 is 0 Å². The van der Waals surface area contributed by atoms with E-state index in [0.717, 1.165) is 12.5 Å². The van der Waals surface area contributed by atoms with Crippen LogP contribution >= 0.6 is 0 Å². The molecule has 0 fully saturated rings. The Balaban J connectivity index is 1.90. The number of hydrogen-bond acceptors (Lipinski definition) is 1. The molecule has 80 valence electrons. The highest BCUT2D eigenvalue weighted by atomic mass is 15.1. The fraction of sp³-hybridized carbons (Fsp3) is 0.417. The van der Waals surface area contributed by atoms with Crippen LogP contribution < -0.4 is 10.6 Å². The van der Waals surface area contributed by atoms with Gasteiger partial charge in [-0.1, -0.05) is 24.3 Å². The first-order chi connectivity index (χ1) is 7.35. The number of rotatable bonds is 2. The molecule has 0 amide bonds. The Morgan fingerprint density at radius 2 is 2.27 bits per heavy atom. The maximum absolute atomic E-state index is 4.09. The van der Waals surface area contributed by atoms with Gasteiger partial charge in [0.2, 0.25) is 0 Å². The van der Waals surface area contributed by atoms with Crippen LogP contribution in [-0.4, -0.2) is 26.6 Å². The summed E-state index contributed by atoms with van der Waals surface area (Å²) in [7, 11) is 3.66. The van der Waals surface area contributed by atoms with Gasteiger partial charge in [0.15, 0.2) is 5.96 Å². The molecule has 2 rings (SSSR count). The molecule has 0 saturated heterocycles. The van der Waals surface area contributed by atoms with Crippen LogP contribution in [0.15, 0.2) is 29.3 Å². The predicted octanol–water partition coefficient (Wildman–Crippen LogP) is 1.12. The monoisotopic (exact) mass is 203 g/mol. The molecular formula is C12H17N3. The number of guanidine groups is 1. The standard InChI is InChI=1S/C12H17N3/c1-13-12(14-2)15-8-10-7-9-5-3-4-6-11(9)10/h3-6,10H,7-8H2,1-2H3,(H2,13,14,15)/t10-/m1/s1. The number of benzene rings is 1. The van der Waals surface area contributed by atoms with Gasteiger partial charge in [0.25, 0.3) is 0 Å². The molecule has 1 aromatic carbocycles. The summed E-state index contributed by atoms with van der Waals surface area (Å²) in [6, 6.07) is 8.64. The summed E-state index contributed by atoms with van der Waals surface area (Å²) in [5.41, 5.74) is 2.97. The molecule has 0 heterocycles. The molecule has 0 aliphatic heterocycles. The van der Waals surface area contributed by atoms with Crippen LogP contribution in [0.4, 0.5) is 0 Å². The molecule has 0 aromatic heterocycles. The Hall–Kier alpha value is -1.51. The molecule has 1 aliphatic rings. The normalized spacial score (nSPS) is 19.1. The van der Waals surface area contributed by atoms with E-state index in [0.29, 0.717) is 5.92 Å². The van der Waals surface area contributed by atoms with Crippen LogP contribution in [0.1, 0.15) is 17.0 Å². The molecule has 2 N–H and O–H groups in total. The lowest BCUT2D eigenvalue weighted by molar-refractivity contribution is 0.586. The van der Waals surface area contributed by atoms with E-state index < -0.39 is 0 Å². The molecule has 0 spiro atoms. The molecule has 0 bridgehead atoms. The molecule has 1 aliphatic carbocycles. The predicted molar refractivity (Wildman–Crippen MR) is 63.3 cm³/mol. The fourth-order valence-electron chi connectivity index (χ4n) is 2.04. The topological polar surface area (TPSA) is 36.4 Å². The molecular weight excluding hydrogens is 186 g/mol. The SMILES string of the molecule is CN=C(NC)NC[C@H]1Cc2ccccc21.